The molecule has 0 unspecified atom stereocenters. The molecule has 0 aromatic heterocycles. The summed E-state index contributed by atoms with van der Waals surface area (Å²) in [5, 5.41) is 0. The molecule has 0 fully saturated rings. The van der Waals surface area contributed by atoms with Gasteiger partial charge in [0.15, 0.2) is 16.6 Å². The van der Waals surface area contributed by atoms with E-state index in [4.69, 9.17) is 4.12 Å². The number of hydrogen-bond donors (Lipinski definition) is 0. The molecule has 0 atom stereocenters. The Morgan fingerprint density at radius 3 is 1.19 bits per heavy atom. The molecular formula is C26H32F6O3Si2. The first-order valence-electron chi connectivity index (χ1n) is 11.9. The van der Waals surface area contributed by atoms with E-state index < -0.39 is 40.8 Å². The molecule has 0 aliphatic heterocycles. The largest absolute Gasteiger partial charge is 0.455 e. The van der Waals surface area contributed by atoms with E-state index in [1.54, 1.807) is 24.3 Å². The van der Waals surface area contributed by atoms with Gasteiger partial charge in [-0.2, -0.15) is 26.3 Å². The van der Waals surface area contributed by atoms with Crippen molar-refractivity contribution in [2.75, 3.05) is 0 Å². The van der Waals surface area contributed by atoms with Crippen LogP contribution in [-0.4, -0.2) is 16.6 Å². The van der Waals surface area contributed by atoms with Gasteiger partial charge in [0.1, 0.15) is 11.5 Å². The van der Waals surface area contributed by atoms with Crippen molar-refractivity contribution in [3.63, 3.8) is 0 Å². The predicted octanol–water partition coefficient (Wildman–Crippen LogP) is 9.51. The summed E-state index contributed by atoms with van der Waals surface area (Å²) in [6, 6.07) is 10.9. The molecule has 0 N–H and O–H groups in total. The summed E-state index contributed by atoms with van der Waals surface area (Å²) in [6.45, 7) is 8.80. The molecule has 0 radical (unpaired) electrons. The molecule has 0 saturated carbocycles. The molecule has 0 aliphatic carbocycles. The minimum absolute atomic E-state index is 0.0161. The first kappa shape index (κ1) is 30.7. The Morgan fingerprint density at radius 2 is 0.892 bits per heavy atom. The first-order chi connectivity index (χ1) is 17.3. The fourth-order valence-corrected chi connectivity index (χ4v) is 12.9. The van der Waals surface area contributed by atoms with Crippen molar-refractivity contribution in [2.45, 2.75) is 64.0 Å². The second-order valence-electron chi connectivity index (χ2n) is 9.89. The van der Waals surface area contributed by atoms with Crippen LogP contribution < -0.4 is 9.47 Å². The van der Waals surface area contributed by atoms with E-state index in [9.17, 15) is 26.3 Å². The zero-order valence-corrected chi connectivity index (χ0v) is 23.4. The molecule has 0 saturated heterocycles. The lowest BCUT2D eigenvalue weighted by Gasteiger charge is -2.34. The molecule has 2 aromatic carbocycles. The summed E-state index contributed by atoms with van der Waals surface area (Å²) < 4.78 is 89.9. The van der Waals surface area contributed by atoms with Gasteiger partial charge in [-0.1, -0.05) is 24.3 Å². The fraction of sp³-hybridized carbons (Fsp3) is 0.385. The molecule has 0 amide bonds. The Hall–Kier alpha value is -2.51. The number of hydrogen-bond acceptors (Lipinski definition) is 3. The lowest BCUT2D eigenvalue weighted by Crippen LogP contribution is -2.44. The van der Waals surface area contributed by atoms with E-state index in [1.807, 2.05) is 0 Å². The fourth-order valence-electron chi connectivity index (χ4n) is 4.02. The summed E-state index contributed by atoms with van der Waals surface area (Å²) in [5.74, 6) is 0.0321. The van der Waals surface area contributed by atoms with Crippen LogP contribution in [0, 0.1) is 0 Å². The summed E-state index contributed by atoms with van der Waals surface area (Å²) in [4.78, 5) is 0. The van der Waals surface area contributed by atoms with Crippen LogP contribution in [0.25, 0.3) is 0 Å². The van der Waals surface area contributed by atoms with Crippen molar-refractivity contribution in [3.05, 3.63) is 83.8 Å². The molecule has 0 spiro atoms. The van der Waals surface area contributed by atoms with E-state index in [0.29, 0.717) is 0 Å². The van der Waals surface area contributed by atoms with Crippen molar-refractivity contribution in [2.24, 2.45) is 0 Å². The van der Waals surface area contributed by atoms with E-state index in [-0.39, 0.29) is 11.5 Å². The summed E-state index contributed by atoms with van der Waals surface area (Å²) in [5.41, 5.74) is 2.01. The van der Waals surface area contributed by atoms with E-state index >= 15 is 0 Å². The van der Waals surface area contributed by atoms with Gasteiger partial charge in [-0.3, -0.25) is 0 Å². The molecule has 2 aromatic rings. The van der Waals surface area contributed by atoms with Gasteiger partial charge in [-0.15, -0.1) is 0 Å². The third kappa shape index (κ3) is 11.6. The van der Waals surface area contributed by atoms with Crippen LogP contribution in [0.5, 0.6) is 11.5 Å². The SMILES string of the molecule is C[Si](C)(CCCc1ccc(OC(F)=C(F)F)cc1)O[Si](C)(C)CCCc1ccc(OC(F)=C(F)F)cc1. The van der Waals surface area contributed by atoms with Crippen LogP contribution in [0.2, 0.25) is 38.3 Å². The van der Waals surface area contributed by atoms with Gasteiger partial charge in [0.25, 0.3) is 0 Å². The van der Waals surface area contributed by atoms with Gasteiger partial charge in [-0.05, 0) is 99.4 Å². The molecular weight excluding hydrogens is 530 g/mol. The van der Waals surface area contributed by atoms with Gasteiger partial charge in [0.2, 0.25) is 0 Å². The number of halogens is 6. The quantitative estimate of drug-likeness (QED) is 0.130. The van der Waals surface area contributed by atoms with Crippen molar-refractivity contribution in [1.29, 1.82) is 0 Å². The van der Waals surface area contributed by atoms with Crippen LogP contribution >= 0.6 is 0 Å². The number of benzene rings is 2. The highest BCUT2D eigenvalue weighted by Crippen LogP contribution is 2.26. The summed E-state index contributed by atoms with van der Waals surface area (Å²) >= 11 is 0. The minimum Gasteiger partial charge on any atom is -0.455 e. The molecule has 0 bridgehead atoms. The average Bonchev–Trinajstić information content (AvgIpc) is 2.80. The van der Waals surface area contributed by atoms with Crippen molar-refractivity contribution in [1.82, 2.24) is 0 Å². The normalized spacial score (nSPS) is 11.7. The zero-order valence-electron chi connectivity index (χ0n) is 21.4. The maximum absolute atomic E-state index is 12.9. The Balaban J connectivity index is 1.76. The van der Waals surface area contributed by atoms with E-state index in [2.05, 4.69) is 35.7 Å². The van der Waals surface area contributed by atoms with Crippen LogP contribution in [-0.2, 0) is 17.0 Å². The van der Waals surface area contributed by atoms with Crippen LogP contribution in [0.3, 0.4) is 0 Å². The summed E-state index contributed by atoms with van der Waals surface area (Å²) in [6.07, 6.45) is -1.59. The smallest absolute Gasteiger partial charge is 0.344 e. The van der Waals surface area contributed by atoms with Crippen LogP contribution in [0.4, 0.5) is 26.3 Å². The average molecular weight is 563 g/mol. The Kier molecular flexibility index (Phi) is 11.5. The second-order valence-corrected chi connectivity index (χ2v) is 18.7. The molecule has 204 valence electrons. The lowest BCUT2D eigenvalue weighted by molar-refractivity contribution is 0.241. The van der Waals surface area contributed by atoms with Gasteiger partial charge in [-0.25, -0.2) is 0 Å². The zero-order chi connectivity index (χ0) is 27.6. The molecule has 3 nitrogen and oxygen atoms in total. The van der Waals surface area contributed by atoms with Gasteiger partial charge in [0.05, 0.1) is 0 Å². The molecule has 2 rings (SSSR count). The highest BCUT2D eigenvalue weighted by molar-refractivity contribution is 6.84. The van der Waals surface area contributed by atoms with Gasteiger partial charge >= 0.3 is 24.2 Å². The van der Waals surface area contributed by atoms with E-state index in [0.717, 1.165) is 48.9 Å². The predicted molar refractivity (Wildman–Crippen MR) is 137 cm³/mol. The Bertz CT molecular complexity index is 977. The highest BCUT2D eigenvalue weighted by Gasteiger charge is 2.32. The molecule has 0 heterocycles. The highest BCUT2D eigenvalue weighted by atomic mass is 28.4. The third-order valence-corrected chi connectivity index (χ3v) is 13.1. The topological polar surface area (TPSA) is 27.7 Å². The standard InChI is InChI=1S/C26H32F6O3Si2/c1-36(2,17-5-7-19-9-13-21(14-10-19)33-25(31)23(27)28)35-37(3,4)18-6-8-20-11-15-22(16-12-20)34-26(32)24(29)30/h9-16H,5-8,17-18H2,1-4H3. The van der Waals surface area contributed by atoms with Gasteiger partial charge in [0, 0.05) is 0 Å². The maximum atomic E-state index is 12.9. The van der Waals surface area contributed by atoms with Gasteiger partial charge < -0.3 is 13.6 Å². The van der Waals surface area contributed by atoms with Crippen molar-refractivity contribution >= 4 is 16.6 Å². The minimum atomic E-state index is -2.49. The molecule has 37 heavy (non-hydrogen) atoms. The second kappa shape index (κ2) is 13.9. The Morgan fingerprint density at radius 1 is 0.568 bits per heavy atom. The monoisotopic (exact) mass is 562 g/mol. The molecule has 0 aliphatic rings. The Labute approximate surface area is 216 Å². The summed E-state index contributed by atoms with van der Waals surface area (Å²) in [7, 11) is -3.84. The number of ether oxygens (including phenoxy) is 2. The number of aryl methyl sites for hydroxylation is 2. The first-order valence-corrected chi connectivity index (χ1v) is 18.1. The molecule has 11 heteroatoms. The van der Waals surface area contributed by atoms with Crippen molar-refractivity contribution < 1.29 is 39.9 Å². The van der Waals surface area contributed by atoms with Crippen LogP contribution in [0.15, 0.2) is 72.7 Å². The third-order valence-electron chi connectivity index (χ3n) is 5.60. The number of rotatable bonds is 14. The van der Waals surface area contributed by atoms with Crippen molar-refractivity contribution in [3.8, 4) is 11.5 Å². The lowest BCUT2D eigenvalue weighted by atomic mass is 10.1. The van der Waals surface area contributed by atoms with E-state index in [1.165, 1.54) is 24.3 Å². The van der Waals surface area contributed by atoms with Crippen LogP contribution in [0.1, 0.15) is 24.0 Å². The maximum Gasteiger partial charge on any atom is 0.344 e.